The average molecular weight is 342 g/mol. The Morgan fingerprint density at radius 1 is 0.737 bits per heavy atom. The van der Waals surface area contributed by atoms with E-state index in [0.717, 1.165) is 13.8 Å². The van der Waals surface area contributed by atoms with Crippen molar-refractivity contribution in [3.63, 3.8) is 0 Å². The molecule has 0 aliphatic carbocycles. The largest absolute Gasteiger partial charge is 2.00 e. The van der Waals surface area contributed by atoms with E-state index in [0.29, 0.717) is 0 Å². The second-order valence-corrected chi connectivity index (χ2v) is 1.99. The van der Waals surface area contributed by atoms with Crippen LogP contribution in [0.2, 0.25) is 0 Å². The van der Waals surface area contributed by atoms with Crippen molar-refractivity contribution in [1.29, 1.82) is 0 Å². The SMILES string of the molecule is CC(O)C(=O)[O-].CC(O)C(=O)[O-].O.O.O.O.O.O.[Fe+2]. The van der Waals surface area contributed by atoms with Crippen LogP contribution in [0.25, 0.3) is 0 Å². The smallest absolute Gasteiger partial charge is 0.547 e. The molecule has 0 aromatic heterocycles. The Morgan fingerprint density at radius 2 is 0.789 bits per heavy atom. The molecular formula is C6H22FeO12. The average Bonchev–Trinajstić information content (AvgIpc) is 1.88. The first-order chi connectivity index (χ1) is 5.29. The van der Waals surface area contributed by atoms with E-state index in [1.165, 1.54) is 0 Å². The maximum absolute atomic E-state index is 9.34. The first kappa shape index (κ1) is 63.8. The minimum atomic E-state index is -1.44. The number of carboxylic acids is 2. The molecule has 2 unspecified atom stereocenters. The summed E-state index contributed by atoms with van der Waals surface area (Å²) in [5, 5.41) is 34.6. The molecule has 12 nitrogen and oxygen atoms in total. The van der Waals surface area contributed by atoms with Crippen molar-refractivity contribution in [1.82, 2.24) is 0 Å². The quantitative estimate of drug-likeness (QED) is 0.458. The predicted molar refractivity (Wildman–Crippen MR) is 55.1 cm³/mol. The minimum Gasteiger partial charge on any atom is -0.547 e. The summed E-state index contributed by atoms with van der Waals surface area (Å²) in [5.74, 6) is -2.87. The van der Waals surface area contributed by atoms with Gasteiger partial charge in [0.25, 0.3) is 0 Å². The summed E-state index contributed by atoms with van der Waals surface area (Å²) in [7, 11) is 0. The summed E-state index contributed by atoms with van der Waals surface area (Å²) in [5.41, 5.74) is 0. The second-order valence-electron chi connectivity index (χ2n) is 1.99. The predicted octanol–water partition coefficient (Wildman–Crippen LogP) is -8.72. The summed E-state index contributed by atoms with van der Waals surface area (Å²) in [4.78, 5) is 18.7. The maximum Gasteiger partial charge on any atom is 2.00 e. The molecule has 0 radical (unpaired) electrons. The van der Waals surface area contributed by atoms with Crippen molar-refractivity contribution < 1.29 is 79.9 Å². The topological polar surface area (TPSA) is 310 Å². The minimum absolute atomic E-state index is 0. The zero-order chi connectivity index (χ0) is 10.3. The van der Waals surface area contributed by atoms with Gasteiger partial charge in [-0.3, -0.25) is 0 Å². The number of hydrogen-bond donors (Lipinski definition) is 2. The van der Waals surface area contributed by atoms with Crippen molar-refractivity contribution in [2.24, 2.45) is 0 Å². The third-order valence-corrected chi connectivity index (χ3v) is 0.682. The number of carboxylic acid groups (broad SMARTS) is 2. The number of carbonyl (C=O) groups excluding carboxylic acids is 2. The Hall–Kier alpha value is -0.861. The molecule has 14 N–H and O–H groups in total. The number of aliphatic hydroxyl groups excluding tert-OH is 2. The standard InChI is InChI=1S/2C3H6O3.Fe.6H2O/c2*1-2(4)3(5)6;;;;;;;/h2*2,4H,1H3,(H,5,6);;6*1H2/q;;+2;;;;;;/p-2. The molecule has 0 saturated carbocycles. The summed E-state index contributed by atoms with van der Waals surface area (Å²) in [6.07, 6.45) is -2.69. The van der Waals surface area contributed by atoms with Gasteiger partial charge in [-0.2, -0.15) is 0 Å². The van der Waals surface area contributed by atoms with Crippen LogP contribution in [-0.2, 0) is 26.7 Å². The van der Waals surface area contributed by atoms with Crippen LogP contribution in [0.4, 0.5) is 0 Å². The van der Waals surface area contributed by atoms with E-state index in [9.17, 15) is 19.8 Å². The van der Waals surface area contributed by atoms with Gasteiger partial charge >= 0.3 is 17.1 Å². The van der Waals surface area contributed by atoms with Crippen molar-refractivity contribution in [3.05, 3.63) is 0 Å². The van der Waals surface area contributed by atoms with E-state index in [1.54, 1.807) is 0 Å². The molecule has 0 rings (SSSR count). The van der Waals surface area contributed by atoms with Gasteiger partial charge in [-0.05, 0) is 13.8 Å². The van der Waals surface area contributed by atoms with Crippen LogP contribution < -0.4 is 10.2 Å². The van der Waals surface area contributed by atoms with E-state index in [1.807, 2.05) is 0 Å². The zero-order valence-corrected chi connectivity index (χ0v) is 11.1. The van der Waals surface area contributed by atoms with Crippen LogP contribution in [0.5, 0.6) is 0 Å². The third-order valence-electron chi connectivity index (χ3n) is 0.682. The van der Waals surface area contributed by atoms with Gasteiger partial charge in [0.2, 0.25) is 0 Å². The second kappa shape index (κ2) is 36.0. The van der Waals surface area contributed by atoms with Crippen LogP contribution in [0.3, 0.4) is 0 Å². The molecule has 0 bridgehead atoms. The zero-order valence-electron chi connectivity index (χ0n) is 10.0. The van der Waals surface area contributed by atoms with E-state index in [2.05, 4.69) is 0 Å². The van der Waals surface area contributed by atoms with E-state index < -0.39 is 24.1 Å². The van der Waals surface area contributed by atoms with E-state index >= 15 is 0 Å². The molecule has 0 amide bonds. The molecule has 0 aliphatic heterocycles. The van der Waals surface area contributed by atoms with Crippen LogP contribution in [0, 0.1) is 0 Å². The fraction of sp³-hybridized carbons (Fsp3) is 0.667. The monoisotopic (exact) mass is 342 g/mol. The molecule has 19 heavy (non-hydrogen) atoms. The van der Waals surface area contributed by atoms with Gasteiger partial charge in [-0.15, -0.1) is 0 Å². The molecule has 126 valence electrons. The normalized spacial score (nSPS) is 8.63. The first-order valence-corrected chi connectivity index (χ1v) is 3.06. The molecule has 0 spiro atoms. The van der Waals surface area contributed by atoms with Crippen molar-refractivity contribution in [2.45, 2.75) is 26.1 Å². The number of hydrogen-bond acceptors (Lipinski definition) is 6. The number of rotatable bonds is 2. The van der Waals surface area contributed by atoms with Crippen molar-refractivity contribution in [3.8, 4) is 0 Å². The molecule has 2 atom stereocenters. The summed E-state index contributed by atoms with van der Waals surface area (Å²) >= 11 is 0. The molecule has 0 fully saturated rings. The fourth-order valence-corrected chi connectivity index (χ4v) is 0. The first-order valence-electron chi connectivity index (χ1n) is 3.06. The van der Waals surface area contributed by atoms with Crippen LogP contribution in [0.1, 0.15) is 13.8 Å². The Balaban J connectivity index is -0.0000000110. The van der Waals surface area contributed by atoms with Gasteiger partial charge in [0, 0.05) is 0 Å². The van der Waals surface area contributed by atoms with Gasteiger partial charge < -0.3 is 62.9 Å². The molecule has 0 heterocycles. The fourth-order valence-electron chi connectivity index (χ4n) is 0. The molecular weight excluding hydrogens is 320 g/mol. The van der Waals surface area contributed by atoms with Gasteiger partial charge in [0.05, 0.1) is 24.1 Å². The Kier molecular flexibility index (Phi) is 121. The molecule has 0 saturated heterocycles. The van der Waals surface area contributed by atoms with Gasteiger partial charge in [-0.25, -0.2) is 0 Å². The van der Waals surface area contributed by atoms with Crippen LogP contribution in [0.15, 0.2) is 0 Å². The summed E-state index contributed by atoms with van der Waals surface area (Å²) < 4.78 is 0. The third kappa shape index (κ3) is 77.1. The number of aliphatic carboxylic acids is 2. The molecule has 0 aliphatic rings. The molecule has 0 aromatic carbocycles. The van der Waals surface area contributed by atoms with Crippen molar-refractivity contribution in [2.75, 3.05) is 0 Å². The van der Waals surface area contributed by atoms with Crippen LogP contribution >= 0.6 is 0 Å². The van der Waals surface area contributed by atoms with Gasteiger partial charge in [0.15, 0.2) is 0 Å². The molecule has 0 aromatic rings. The number of aliphatic hydroxyl groups is 2. The maximum atomic E-state index is 9.34. The Morgan fingerprint density at radius 3 is 0.789 bits per heavy atom. The number of carbonyl (C=O) groups is 2. The summed E-state index contributed by atoms with van der Waals surface area (Å²) in [6.45, 7) is 2.27. The van der Waals surface area contributed by atoms with Gasteiger partial charge in [0.1, 0.15) is 0 Å². The van der Waals surface area contributed by atoms with E-state index in [-0.39, 0.29) is 49.9 Å². The Labute approximate surface area is 119 Å². The Bertz CT molecular complexity index is 142. The van der Waals surface area contributed by atoms with Crippen LogP contribution in [-0.4, -0.2) is 67.2 Å². The summed E-state index contributed by atoms with van der Waals surface area (Å²) in [6, 6.07) is 0. The van der Waals surface area contributed by atoms with Gasteiger partial charge in [-0.1, -0.05) is 0 Å². The molecule has 13 heteroatoms. The van der Waals surface area contributed by atoms with E-state index in [4.69, 9.17) is 10.2 Å². The van der Waals surface area contributed by atoms with Crippen molar-refractivity contribution >= 4 is 11.9 Å².